The molecule has 2 rings (SSSR count). The smallest absolute Gasteiger partial charge is 0.0438 e. The molecule has 2 nitrogen and oxygen atoms in total. The summed E-state index contributed by atoms with van der Waals surface area (Å²) in [4.78, 5) is 2.19. The Morgan fingerprint density at radius 1 is 0.958 bits per heavy atom. The molecule has 0 aliphatic heterocycles. The first-order valence-electron chi connectivity index (χ1n) is 8.40. The first-order chi connectivity index (χ1) is 11.6. The second kappa shape index (κ2) is 10.0. The molecular weight excluding hydrogens is 339 g/mol. The lowest BCUT2D eigenvalue weighted by Gasteiger charge is -2.19. The molecule has 0 aliphatic rings. The highest BCUT2D eigenvalue weighted by Gasteiger charge is 2.14. The van der Waals surface area contributed by atoms with E-state index >= 15 is 0 Å². The second-order valence-electron chi connectivity index (χ2n) is 6.39. The summed E-state index contributed by atoms with van der Waals surface area (Å²) in [7, 11) is 4.19. The molecule has 0 spiro atoms. The van der Waals surface area contributed by atoms with E-state index in [0.717, 1.165) is 42.5 Å². The molecule has 0 radical (unpaired) electrons. The van der Waals surface area contributed by atoms with Gasteiger partial charge in [-0.05, 0) is 68.7 Å². The van der Waals surface area contributed by atoms with Crippen molar-refractivity contribution in [1.82, 2.24) is 10.2 Å². The van der Waals surface area contributed by atoms with Gasteiger partial charge in [0.15, 0.2) is 0 Å². The number of halogens is 2. The van der Waals surface area contributed by atoms with Gasteiger partial charge < -0.3 is 10.2 Å². The van der Waals surface area contributed by atoms with E-state index in [-0.39, 0.29) is 0 Å². The number of nitrogens with one attached hydrogen (secondary N) is 1. The summed E-state index contributed by atoms with van der Waals surface area (Å²) in [5.74, 6) is 0.425. The van der Waals surface area contributed by atoms with Crippen LogP contribution in [0.2, 0.25) is 10.0 Å². The topological polar surface area (TPSA) is 15.3 Å². The molecule has 1 unspecified atom stereocenters. The number of rotatable bonds is 9. The van der Waals surface area contributed by atoms with Crippen molar-refractivity contribution in [2.24, 2.45) is 0 Å². The van der Waals surface area contributed by atoms with Crippen LogP contribution in [0.15, 0.2) is 48.5 Å². The van der Waals surface area contributed by atoms with Crippen molar-refractivity contribution < 1.29 is 0 Å². The summed E-state index contributed by atoms with van der Waals surface area (Å²) >= 11 is 12.4. The van der Waals surface area contributed by atoms with Gasteiger partial charge in [-0.3, -0.25) is 0 Å². The van der Waals surface area contributed by atoms with E-state index in [1.54, 1.807) is 0 Å². The van der Waals surface area contributed by atoms with Crippen LogP contribution in [0.5, 0.6) is 0 Å². The van der Waals surface area contributed by atoms with Crippen molar-refractivity contribution in [1.29, 1.82) is 0 Å². The van der Waals surface area contributed by atoms with Crippen molar-refractivity contribution in [3.05, 3.63) is 69.7 Å². The maximum atomic E-state index is 6.36. The third kappa shape index (κ3) is 6.45. The Balaban J connectivity index is 2.01. The molecular formula is C20H26Cl2N2. The van der Waals surface area contributed by atoms with E-state index in [1.165, 1.54) is 11.1 Å². The predicted molar refractivity (Wildman–Crippen MR) is 105 cm³/mol. The molecule has 1 atom stereocenters. The fourth-order valence-electron chi connectivity index (χ4n) is 2.75. The number of hydrogen-bond donors (Lipinski definition) is 1. The maximum absolute atomic E-state index is 6.36. The van der Waals surface area contributed by atoms with Crippen molar-refractivity contribution in [3.8, 4) is 0 Å². The summed E-state index contributed by atoms with van der Waals surface area (Å²) in [6.45, 7) is 3.05. The molecule has 130 valence electrons. The highest BCUT2D eigenvalue weighted by Crippen LogP contribution is 2.28. The van der Waals surface area contributed by atoms with Crippen LogP contribution in [0.4, 0.5) is 0 Å². The van der Waals surface area contributed by atoms with Gasteiger partial charge in [-0.25, -0.2) is 0 Å². The normalized spacial score (nSPS) is 12.5. The number of benzene rings is 2. The Hall–Kier alpha value is -1.06. The highest BCUT2D eigenvalue weighted by atomic mass is 35.5. The molecule has 0 aliphatic carbocycles. The van der Waals surface area contributed by atoms with Crippen LogP contribution in [0.3, 0.4) is 0 Å². The monoisotopic (exact) mass is 364 g/mol. The summed E-state index contributed by atoms with van der Waals surface area (Å²) in [6, 6.07) is 16.3. The molecule has 4 heteroatoms. The summed E-state index contributed by atoms with van der Waals surface area (Å²) in [6.07, 6.45) is 2.01. The average Bonchev–Trinajstić information content (AvgIpc) is 2.56. The Labute approximate surface area is 155 Å². The molecule has 0 saturated carbocycles. The number of likely N-dealkylation sites (N-methyl/N-ethyl adjacent to an activating group) is 1. The molecule has 0 amide bonds. The zero-order valence-corrected chi connectivity index (χ0v) is 15.9. The zero-order valence-electron chi connectivity index (χ0n) is 14.4. The van der Waals surface area contributed by atoms with Crippen LogP contribution in [0.25, 0.3) is 0 Å². The minimum absolute atomic E-state index is 0.425. The first-order valence-corrected chi connectivity index (χ1v) is 9.16. The van der Waals surface area contributed by atoms with E-state index in [2.05, 4.69) is 48.6 Å². The molecule has 2 aromatic rings. The molecule has 0 aromatic heterocycles. The van der Waals surface area contributed by atoms with Gasteiger partial charge in [-0.15, -0.1) is 0 Å². The summed E-state index contributed by atoms with van der Waals surface area (Å²) < 4.78 is 0. The highest BCUT2D eigenvalue weighted by molar-refractivity contribution is 6.31. The van der Waals surface area contributed by atoms with Gasteiger partial charge in [0.2, 0.25) is 0 Å². The zero-order chi connectivity index (χ0) is 17.4. The summed E-state index contributed by atoms with van der Waals surface area (Å²) in [5, 5.41) is 5.15. The molecule has 24 heavy (non-hydrogen) atoms. The third-order valence-corrected chi connectivity index (χ3v) is 4.79. The van der Waals surface area contributed by atoms with Crippen LogP contribution in [0, 0.1) is 0 Å². The molecule has 0 fully saturated rings. The van der Waals surface area contributed by atoms with Gasteiger partial charge in [0.25, 0.3) is 0 Å². The minimum atomic E-state index is 0.425. The van der Waals surface area contributed by atoms with Gasteiger partial charge in [-0.1, -0.05) is 53.5 Å². The predicted octanol–water partition coefficient (Wildman–Crippen LogP) is 4.86. The van der Waals surface area contributed by atoms with Crippen LogP contribution < -0.4 is 5.32 Å². The number of hydrogen-bond acceptors (Lipinski definition) is 2. The van der Waals surface area contributed by atoms with Crippen LogP contribution in [-0.4, -0.2) is 38.6 Å². The quantitative estimate of drug-likeness (QED) is 0.639. The Bertz CT molecular complexity index is 611. The SMILES string of the molecule is CN(C)CCNCCC(Cc1ccccc1Cl)c1ccc(Cl)cc1. The standard InChI is InChI=1S/C20H26Cl2N2/c1-24(2)14-13-23-12-11-17(16-7-9-19(21)10-8-16)15-18-5-3-4-6-20(18)22/h3-10,17,23H,11-15H2,1-2H3. The fourth-order valence-corrected chi connectivity index (χ4v) is 3.09. The maximum Gasteiger partial charge on any atom is 0.0438 e. The lowest BCUT2D eigenvalue weighted by Crippen LogP contribution is -2.28. The van der Waals surface area contributed by atoms with Gasteiger partial charge in [-0.2, -0.15) is 0 Å². The Kier molecular flexibility index (Phi) is 8.07. The second-order valence-corrected chi connectivity index (χ2v) is 7.23. The minimum Gasteiger partial charge on any atom is -0.315 e. The van der Waals surface area contributed by atoms with Crippen LogP contribution in [-0.2, 0) is 6.42 Å². The van der Waals surface area contributed by atoms with Crippen molar-refractivity contribution >= 4 is 23.2 Å². The largest absolute Gasteiger partial charge is 0.315 e. The van der Waals surface area contributed by atoms with Crippen molar-refractivity contribution in [2.75, 3.05) is 33.7 Å². The molecule has 2 aromatic carbocycles. The Morgan fingerprint density at radius 3 is 2.33 bits per heavy atom. The number of nitrogens with zero attached hydrogens (tertiary/aromatic N) is 1. The first kappa shape index (κ1) is 19.3. The van der Waals surface area contributed by atoms with E-state index in [1.807, 2.05) is 24.3 Å². The van der Waals surface area contributed by atoms with Crippen LogP contribution >= 0.6 is 23.2 Å². The molecule has 0 bridgehead atoms. The van der Waals surface area contributed by atoms with Gasteiger partial charge in [0.05, 0.1) is 0 Å². The molecule has 0 saturated heterocycles. The third-order valence-electron chi connectivity index (χ3n) is 4.17. The molecule has 1 N–H and O–H groups in total. The Morgan fingerprint density at radius 2 is 1.67 bits per heavy atom. The van der Waals surface area contributed by atoms with Crippen molar-refractivity contribution in [2.45, 2.75) is 18.8 Å². The van der Waals surface area contributed by atoms with E-state index < -0.39 is 0 Å². The van der Waals surface area contributed by atoms with E-state index in [0.29, 0.717) is 5.92 Å². The molecule has 0 heterocycles. The fraction of sp³-hybridized carbons (Fsp3) is 0.400. The van der Waals surface area contributed by atoms with E-state index in [9.17, 15) is 0 Å². The van der Waals surface area contributed by atoms with Crippen molar-refractivity contribution in [3.63, 3.8) is 0 Å². The summed E-state index contributed by atoms with van der Waals surface area (Å²) in [5.41, 5.74) is 2.51. The van der Waals surface area contributed by atoms with Gasteiger partial charge in [0.1, 0.15) is 0 Å². The van der Waals surface area contributed by atoms with Gasteiger partial charge >= 0.3 is 0 Å². The van der Waals surface area contributed by atoms with Crippen LogP contribution in [0.1, 0.15) is 23.5 Å². The van der Waals surface area contributed by atoms with E-state index in [4.69, 9.17) is 23.2 Å². The lowest BCUT2D eigenvalue weighted by molar-refractivity contribution is 0.397. The lowest BCUT2D eigenvalue weighted by atomic mass is 9.89. The average molecular weight is 365 g/mol. The van der Waals surface area contributed by atoms with Gasteiger partial charge in [0, 0.05) is 23.1 Å².